The summed E-state index contributed by atoms with van der Waals surface area (Å²) in [5.74, 6) is 0.573. The predicted molar refractivity (Wildman–Crippen MR) is 80.5 cm³/mol. The van der Waals surface area contributed by atoms with Crippen LogP contribution in [0.25, 0.3) is 0 Å². The van der Waals surface area contributed by atoms with E-state index in [1.807, 2.05) is 32.9 Å². The average Bonchev–Trinajstić information content (AvgIpc) is 2.95. The summed E-state index contributed by atoms with van der Waals surface area (Å²) >= 11 is 7.37. The number of rotatable bonds is 4. The molecular weight excluding hydrogens is 296 g/mol. The molecule has 108 valence electrons. The molecule has 2 heterocycles. The Labute approximate surface area is 127 Å². The van der Waals surface area contributed by atoms with Gasteiger partial charge in [0.25, 0.3) is 5.91 Å². The molecule has 0 aliphatic rings. The van der Waals surface area contributed by atoms with Gasteiger partial charge in [0.2, 0.25) is 0 Å². The molecule has 1 atom stereocenters. The first-order valence-electron chi connectivity index (χ1n) is 6.42. The summed E-state index contributed by atoms with van der Waals surface area (Å²) in [5, 5.41) is 6.85. The van der Waals surface area contributed by atoms with Gasteiger partial charge in [-0.1, -0.05) is 30.6 Å². The van der Waals surface area contributed by atoms with E-state index in [1.165, 1.54) is 11.3 Å². The molecule has 0 saturated heterocycles. The molecule has 0 radical (unpaired) electrons. The van der Waals surface area contributed by atoms with Crippen LogP contribution in [0.5, 0.6) is 0 Å². The fourth-order valence-electron chi connectivity index (χ4n) is 1.96. The minimum Gasteiger partial charge on any atom is -0.360 e. The highest BCUT2D eigenvalue weighted by Crippen LogP contribution is 2.28. The smallest absolute Gasteiger partial charge is 0.257 e. The van der Waals surface area contributed by atoms with E-state index in [2.05, 4.69) is 10.5 Å². The van der Waals surface area contributed by atoms with Crippen molar-refractivity contribution in [2.24, 2.45) is 0 Å². The second kappa shape index (κ2) is 5.97. The number of amides is 1. The molecule has 0 aromatic carbocycles. The second-order valence-corrected chi connectivity index (χ2v) is 6.75. The Kier molecular flexibility index (Phi) is 4.50. The van der Waals surface area contributed by atoms with Crippen LogP contribution in [-0.2, 0) is 0 Å². The van der Waals surface area contributed by atoms with Crippen LogP contribution < -0.4 is 5.32 Å². The molecule has 0 unspecified atom stereocenters. The zero-order valence-electron chi connectivity index (χ0n) is 11.9. The van der Waals surface area contributed by atoms with Crippen LogP contribution in [0.2, 0.25) is 4.34 Å². The molecule has 0 aliphatic carbocycles. The van der Waals surface area contributed by atoms with Crippen molar-refractivity contribution in [3.05, 3.63) is 38.4 Å². The lowest BCUT2D eigenvalue weighted by atomic mass is 10.0. The van der Waals surface area contributed by atoms with Crippen LogP contribution in [0.4, 0.5) is 0 Å². The Balaban J connectivity index is 2.18. The molecule has 0 fully saturated rings. The van der Waals surface area contributed by atoms with Crippen molar-refractivity contribution >= 4 is 28.8 Å². The van der Waals surface area contributed by atoms with Crippen molar-refractivity contribution < 1.29 is 9.32 Å². The maximum Gasteiger partial charge on any atom is 0.257 e. The van der Waals surface area contributed by atoms with Gasteiger partial charge in [-0.3, -0.25) is 4.79 Å². The molecule has 20 heavy (non-hydrogen) atoms. The number of aromatic nitrogens is 1. The van der Waals surface area contributed by atoms with Gasteiger partial charge >= 0.3 is 0 Å². The summed E-state index contributed by atoms with van der Waals surface area (Å²) in [6.07, 6.45) is 0. The minimum absolute atomic E-state index is 0.102. The zero-order valence-corrected chi connectivity index (χ0v) is 13.4. The SMILES string of the molecule is Cc1noc(C(C)C)c1C(=O)N[C@H](C)c1ccc(Cl)s1. The number of hydrogen-bond acceptors (Lipinski definition) is 4. The Hall–Kier alpha value is -1.33. The summed E-state index contributed by atoms with van der Waals surface area (Å²) in [5.41, 5.74) is 1.15. The van der Waals surface area contributed by atoms with Crippen molar-refractivity contribution in [3.63, 3.8) is 0 Å². The van der Waals surface area contributed by atoms with Gasteiger partial charge in [-0.2, -0.15) is 0 Å². The van der Waals surface area contributed by atoms with Gasteiger partial charge in [-0.05, 0) is 26.0 Å². The molecule has 2 rings (SSSR count). The van der Waals surface area contributed by atoms with E-state index in [0.717, 1.165) is 4.88 Å². The van der Waals surface area contributed by atoms with Crippen LogP contribution in [-0.4, -0.2) is 11.1 Å². The van der Waals surface area contributed by atoms with Crippen LogP contribution >= 0.6 is 22.9 Å². The number of thiophene rings is 1. The molecule has 0 saturated carbocycles. The van der Waals surface area contributed by atoms with Gasteiger partial charge in [-0.15, -0.1) is 11.3 Å². The molecule has 6 heteroatoms. The highest BCUT2D eigenvalue weighted by atomic mass is 35.5. The van der Waals surface area contributed by atoms with Crippen LogP contribution in [0.1, 0.15) is 59.4 Å². The van der Waals surface area contributed by atoms with Crippen molar-refractivity contribution in [2.45, 2.75) is 39.7 Å². The number of carbonyl (C=O) groups is 1. The van der Waals surface area contributed by atoms with E-state index >= 15 is 0 Å². The zero-order chi connectivity index (χ0) is 14.9. The van der Waals surface area contributed by atoms with Crippen LogP contribution in [0.15, 0.2) is 16.7 Å². The quantitative estimate of drug-likeness (QED) is 0.915. The molecule has 1 amide bonds. The van der Waals surface area contributed by atoms with E-state index in [-0.39, 0.29) is 17.9 Å². The third-order valence-corrected chi connectivity index (χ3v) is 4.42. The topological polar surface area (TPSA) is 55.1 Å². The van der Waals surface area contributed by atoms with E-state index < -0.39 is 0 Å². The van der Waals surface area contributed by atoms with Gasteiger partial charge in [-0.25, -0.2) is 0 Å². The molecule has 0 spiro atoms. The van der Waals surface area contributed by atoms with E-state index in [1.54, 1.807) is 6.92 Å². The largest absolute Gasteiger partial charge is 0.360 e. The third-order valence-electron chi connectivity index (χ3n) is 3.01. The van der Waals surface area contributed by atoms with Gasteiger partial charge in [0.1, 0.15) is 5.56 Å². The molecule has 4 nitrogen and oxygen atoms in total. The maximum absolute atomic E-state index is 12.4. The van der Waals surface area contributed by atoms with E-state index in [9.17, 15) is 4.79 Å². The van der Waals surface area contributed by atoms with Gasteiger partial charge in [0, 0.05) is 10.8 Å². The molecule has 2 aromatic rings. The van der Waals surface area contributed by atoms with Crippen molar-refractivity contribution in [1.29, 1.82) is 0 Å². The van der Waals surface area contributed by atoms with Crippen LogP contribution in [0.3, 0.4) is 0 Å². The fraction of sp³-hybridized carbons (Fsp3) is 0.429. The Morgan fingerprint density at radius 3 is 2.65 bits per heavy atom. The summed E-state index contributed by atoms with van der Waals surface area (Å²) in [6.45, 7) is 7.65. The fourth-order valence-corrected chi connectivity index (χ4v) is 3.02. The molecule has 2 aromatic heterocycles. The summed E-state index contributed by atoms with van der Waals surface area (Å²) in [7, 11) is 0. The molecular formula is C14H17ClN2O2S. The third kappa shape index (κ3) is 3.04. The first kappa shape index (κ1) is 15.1. The Morgan fingerprint density at radius 1 is 1.40 bits per heavy atom. The van der Waals surface area contributed by atoms with Crippen molar-refractivity contribution in [1.82, 2.24) is 10.5 Å². The second-order valence-electron chi connectivity index (χ2n) is 5.00. The summed E-state index contributed by atoms with van der Waals surface area (Å²) in [4.78, 5) is 13.4. The highest BCUT2D eigenvalue weighted by Gasteiger charge is 2.24. The Bertz CT molecular complexity index is 618. The average molecular weight is 313 g/mol. The number of nitrogens with one attached hydrogen (secondary N) is 1. The van der Waals surface area contributed by atoms with E-state index in [4.69, 9.17) is 16.1 Å². The minimum atomic E-state index is -0.163. The summed E-state index contributed by atoms with van der Waals surface area (Å²) in [6, 6.07) is 3.64. The maximum atomic E-state index is 12.4. The summed E-state index contributed by atoms with van der Waals surface area (Å²) < 4.78 is 5.95. The number of halogens is 1. The molecule has 1 N–H and O–H groups in total. The predicted octanol–water partition coefficient (Wildman–Crippen LogP) is 4.31. The van der Waals surface area contributed by atoms with Crippen molar-refractivity contribution in [2.75, 3.05) is 0 Å². The first-order valence-corrected chi connectivity index (χ1v) is 7.61. The normalized spacial score (nSPS) is 12.7. The lowest BCUT2D eigenvalue weighted by Crippen LogP contribution is -2.27. The number of carbonyl (C=O) groups excluding carboxylic acids is 1. The van der Waals surface area contributed by atoms with Gasteiger partial charge < -0.3 is 9.84 Å². The highest BCUT2D eigenvalue weighted by molar-refractivity contribution is 7.16. The van der Waals surface area contributed by atoms with Gasteiger partial charge in [0.15, 0.2) is 5.76 Å². The Morgan fingerprint density at radius 2 is 2.10 bits per heavy atom. The number of hydrogen-bond donors (Lipinski definition) is 1. The standard InChI is InChI=1S/C14H17ClN2O2S/c1-7(2)13-12(9(4)17-19-13)14(18)16-8(3)10-5-6-11(15)20-10/h5-8H,1-4H3,(H,16,18)/t8-/m1/s1. The number of aryl methyl sites for hydroxylation is 1. The number of nitrogens with zero attached hydrogens (tertiary/aromatic N) is 1. The van der Waals surface area contributed by atoms with Crippen LogP contribution in [0, 0.1) is 6.92 Å². The van der Waals surface area contributed by atoms with E-state index in [0.29, 0.717) is 21.4 Å². The van der Waals surface area contributed by atoms with Gasteiger partial charge in [0.05, 0.1) is 16.1 Å². The lowest BCUT2D eigenvalue weighted by Gasteiger charge is -2.12. The van der Waals surface area contributed by atoms with Crippen molar-refractivity contribution in [3.8, 4) is 0 Å². The first-order chi connectivity index (χ1) is 9.40. The monoisotopic (exact) mass is 312 g/mol. The molecule has 0 bridgehead atoms. The molecule has 0 aliphatic heterocycles. The lowest BCUT2D eigenvalue weighted by molar-refractivity contribution is 0.0937.